The number of halogens is 2. The van der Waals surface area contributed by atoms with Crippen molar-refractivity contribution in [2.24, 2.45) is 0 Å². The maximum absolute atomic E-state index is 13.7. The number of anilines is 1. The Labute approximate surface area is 149 Å². The molecule has 0 aliphatic carbocycles. The van der Waals surface area contributed by atoms with Crippen LogP contribution in [0.3, 0.4) is 0 Å². The van der Waals surface area contributed by atoms with Crippen LogP contribution in [-0.2, 0) is 0 Å². The summed E-state index contributed by atoms with van der Waals surface area (Å²) in [5.74, 6) is -2.31. The molecule has 2 aromatic rings. The van der Waals surface area contributed by atoms with E-state index in [-0.39, 0.29) is 11.3 Å². The van der Waals surface area contributed by atoms with Gasteiger partial charge in [-0.3, -0.25) is 4.79 Å². The Kier molecular flexibility index (Phi) is 5.98. The molecule has 0 heterocycles. The molecule has 0 saturated carbocycles. The van der Waals surface area contributed by atoms with E-state index in [1.54, 1.807) is 13.0 Å². The third-order valence-electron chi connectivity index (χ3n) is 3.48. The van der Waals surface area contributed by atoms with Crippen molar-refractivity contribution in [3.63, 3.8) is 0 Å². The molecule has 2 N–H and O–H groups in total. The Hall–Kier alpha value is -2.60. The van der Waals surface area contributed by atoms with Crippen molar-refractivity contribution in [1.82, 2.24) is 0 Å². The largest absolute Gasteiger partial charge is 0.493 e. The first-order valence-corrected chi connectivity index (χ1v) is 7.98. The van der Waals surface area contributed by atoms with Gasteiger partial charge in [0.2, 0.25) is 0 Å². The minimum absolute atomic E-state index is 0.139. The smallest absolute Gasteiger partial charge is 0.338 e. The summed E-state index contributed by atoms with van der Waals surface area (Å²) in [6, 6.07) is 6.41. The number of benzene rings is 2. The molecule has 1 amide bonds. The second kappa shape index (κ2) is 7.98. The number of hydrogen-bond donors (Lipinski definition) is 2. The molecule has 5 nitrogen and oxygen atoms in total. The van der Waals surface area contributed by atoms with E-state index in [9.17, 15) is 14.0 Å². The highest BCUT2D eigenvalue weighted by atomic mass is 35.5. The minimum Gasteiger partial charge on any atom is -0.493 e. The second-order valence-electron chi connectivity index (χ2n) is 5.38. The number of aromatic carboxylic acids is 1. The van der Waals surface area contributed by atoms with E-state index in [0.717, 1.165) is 24.1 Å². The van der Waals surface area contributed by atoms with E-state index < -0.39 is 23.3 Å². The predicted molar refractivity (Wildman–Crippen MR) is 93.3 cm³/mol. The normalized spacial score (nSPS) is 10.4. The number of carboxylic acids is 1. The van der Waals surface area contributed by atoms with E-state index in [4.69, 9.17) is 21.4 Å². The van der Waals surface area contributed by atoms with Gasteiger partial charge in [-0.25, -0.2) is 9.18 Å². The summed E-state index contributed by atoms with van der Waals surface area (Å²) in [5.41, 5.74) is 0.653. The maximum Gasteiger partial charge on any atom is 0.338 e. The molecule has 132 valence electrons. The molecule has 0 aliphatic heterocycles. The van der Waals surface area contributed by atoms with Gasteiger partial charge >= 0.3 is 5.97 Å². The SMILES string of the molecule is CCCOc1cc(C(=O)Nc2ccc(C(=O)O)c(F)c2)cc(Cl)c1C. The Bertz CT molecular complexity index is 823. The van der Waals surface area contributed by atoms with Crippen LogP contribution in [-0.4, -0.2) is 23.6 Å². The molecular formula is C18H17ClFNO4. The van der Waals surface area contributed by atoms with Crippen LogP contribution in [0.1, 0.15) is 39.6 Å². The van der Waals surface area contributed by atoms with E-state index in [1.165, 1.54) is 12.1 Å². The highest BCUT2D eigenvalue weighted by Gasteiger charge is 2.15. The first-order valence-electron chi connectivity index (χ1n) is 7.60. The fraction of sp³-hybridized carbons (Fsp3) is 0.222. The van der Waals surface area contributed by atoms with Gasteiger partial charge in [0.25, 0.3) is 5.91 Å². The topological polar surface area (TPSA) is 75.6 Å². The first kappa shape index (κ1) is 18.7. The first-order chi connectivity index (χ1) is 11.8. The van der Waals surface area contributed by atoms with Gasteiger partial charge in [0.05, 0.1) is 12.2 Å². The number of carboxylic acid groups (broad SMARTS) is 1. The summed E-state index contributed by atoms with van der Waals surface area (Å²) in [5, 5.41) is 11.7. The summed E-state index contributed by atoms with van der Waals surface area (Å²) >= 11 is 6.14. The third-order valence-corrected chi connectivity index (χ3v) is 3.87. The zero-order chi connectivity index (χ0) is 18.6. The standard InChI is InChI=1S/C18H17ClFNO4/c1-3-6-25-16-8-11(7-14(19)10(16)2)17(22)21-12-4-5-13(18(23)24)15(20)9-12/h4-5,7-9H,3,6H2,1-2H3,(H,21,22)(H,23,24). The summed E-state index contributed by atoms with van der Waals surface area (Å²) in [6.45, 7) is 4.24. The predicted octanol–water partition coefficient (Wildman–Crippen LogP) is 4.53. The van der Waals surface area contributed by atoms with Crippen molar-refractivity contribution in [2.45, 2.75) is 20.3 Å². The number of carbonyl (C=O) groups excluding carboxylic acids is 1. The number of hydrogen-bond acceptors (Lipinski definition) is 3. The van der Waals surface area contributed by atoms with Crippen molar-refractivity contribution < 1.29 is 23.8 Å². The van der Waals surface area contributed by atoms with Crippen LogP contribution < -0.4 is 10.1 Å². The second-order valence-corrected chi connectivity index (χ2v) is 5.79. The fourth-order valence-electron chi connectivity index (χ4n) is 2.12. The van der Waals surface area contributed by atoms with Crippen LogP contribution in [0.5, 0.6) is 5.75 Å². The highest BCUT2D eigenvalue weighted by Crippen LogP contribution is 2.28. The van der Waals surface area contributed by atoms with Crippen LogP contribution in [0.25, 0.3) is 0 Å². The van der Waals surface area contributed by atoms with Crippen LogP contribution >= 0.6 is 11.6 Å². The molecule has 2 aromatic carbocycles. The molecule has 7 heteroatoms. The quantitative estimate of drug-likeness (QED) is 0.788. The lowest BCUT2D eigenvalue weighted by Gasteiger charge is -2.12. The number of rotatable bonds is 6. The Morgan fingerprint density at radius 1 is 1.28 bits per heavy atom. The Morgan fingerprint density at radius 2 is 2.00 bits per heavy atom. The van der Waals surface area contributed by atoms with Gasteiger partial charge in [-0.05, 0) is 43.7 Å². The van der Waals surface area contributed by atoms with E-state index in [2.05, 4.69) is 5.32 Å². The van der Waals surface area contributed by atoms with Crippen molar-refractivity contribution in [1.29, 1.82) is 0 Å². The molecule has 0 bridgehead atoms. The van der Waals surface area contributed by atoms with Gasteiger partial charge in [-0.15, -0.1) is 0 Å². The number of carbonyl (C=O) groups is 2. The average Bonchev–Trinajstić information content (AvgIpc) is 2.55. The third kappa shape index (κ3) is 4.48. The number of ether oxygens (including phenoxy) is 1. The van der Waals surface area contributed by atoms with Gasteiger partial charge in [-0.1, -0.05) is 18.5 Å². The van der Waals surface area contributed by atoms with Gasteiger partial charge in [0.15, 0.2) is 0 Å². The van der Waals surface area contributed by atoms with Crippen LogP contribution in [0.2, 0.25) is 5.02 Å². The fourth-order valence-corrected chi connectivity index (χ4v) is 2.33. The molecule has 0 spiro atoms. The zero-order valence-electron chi connectivity index (χ0n) is 13.7. The lowest BCUT2D eigenvalue weighted by molar-refractivity contribution is 0.0692. The monoisotopic (exact) mass is 365 g/mol. The van der Waals surface area contributed by atoms with Gasteiger partial charge in [0, 0.05) is 21.8 Å². The van der Waals surface area contributed by atoms with E-state index in [1.807, 2.05) is 6.92 Å². The van der Waals surface area contributed by atoms with E-state index in [0.29, 0.717) is 17.4 Å². The van der Waals surface area contributed by atoms with Crippen LogP contribution in [0.4, 0.5) is 10.1 Å². The average molecular weight is 366 g/mol. The van der Waals surface area contributed by atoms with Crippen molar-refractivity contribution in [3.8, 4) is 5.75 Å². The van der Waals surface area contributed by atoms with Gasteiger partial charge in [-0.2, -0.15) is 0 Å². The highest BCUT2D eigenvalue weighted by molar-refractivity contribution is 6.32. The molecule has 0 fully saturated rings. The summed E-state index contributed by atoms with van der Waals surface area (Å²) in [4.78, 5) is 23.2. The van der Waals surface area contributed by atoms with Gasteiger partial charge in [0.1, 0.15) is 11.6 Å². The minimum atomic E-state index is -1.38. The van der Waals surface area contributed by atoms with Crippen LogP contribution in [0, 0.1) is 12.7 Å². The molecule has 0 saturated heterocycles. The molecule has 0 aliphatic rings. The van der Waals surface area contributed by atoms with Crippen molar-refractivity contribution in [3.05, 3.63) is 57.9 Å². The lowest BCUT2D eigenvalue weighted by Crippen LogP contribution is -2.13. The van der Waals surface area contributed by atoms with Gasteiger partial charge < -0.3 is 15.2 Å². The summed E-state index contributed by atoms with van der Waals surface area (Å²) < 4.78 is 19.3. The number of amides is 1. The molecule has 25 heavy (non-hydrogen) atoms. The summed E-state index contributed by atoms with van der Waals surface area (Å²) in [7, 11) is 0. The molecule has 0 radical (unpaired) electrons. The van der Waals surface area contributed by atoms with Crippen LogP contribution in [0.15, 0.2) is 30.3 Å². The zero-order valence-corrected chi connectivity index (χ0v) is 14.5. The molecule has 0 aromatic heterocycles. The van der Waals surface area contributed by atoms with E-state index >= 15 is 0 Å². The van der Waals surface area contributed by atoms with Crippen molar-refractivity contribution >= 4 is 29.2 Å². The maximum atomic E-state index is 13.7. The molecule has 2 rings (SSSR count). The number of nitrogens with one attached hydrogen (secondary N) is 1. The molecule has 0 atom stereocenters. The Morgan fingerprint density at radius 3 is 2.60 bits per heavy atom. The summed E-state index contributed by atoms with van der Waals surface area (Å²) in [6.07, 6.45) is 0.808. The Balaban J connectivity index is 2.24. The molecule has 0 unspecified atom stereocenters. The van der Waals surface area contributed by atoms with Crippen molar-refractivity contribution in [2.75, 3.05) is 11.9 Å². The lowest BCUT2D eigenvalue weighted by atomic mass is 10.1. The molecular weight excluding hydrogens is 349 g/mol.